The van der Waals surface area contributed by atoms with E-state index in [0.717, 1.165) is 12.1 Å². The summed E-state index contributed by atoms with van der Waals surface area (Å²) in [5.74, 6) is -11.7. The van der Waals surface area contributed by atoms with E-state index in [-0.39, 0.29) is 12.1 Å². The number of carbonyl (C=O) groups is 2. The topological polar surface area (TPSA) is 81.3 Å². The Labute approximate surface area is 158 Å². The minimum absolute atomic E-state index is 0.0752. The summed E-state index contributed by atoms with van der Waals surface area (Å²) in [5.41, 5.74) is 0.141. The molecule has 2 aromatic rings. The average molecular weight is 418 g/mol. The normalized spacial score (nSPS) is 20.0. The lowest BCUT2D eigenvalue weighted by Crippen LogP contribution is -2.40. The lowest BCUT2D eigenvalue weighted by atomic mass is 9.88. The van der Waals surface area contributed by atoms with Crippen LogP contribution in [0.5, 0.6) is 0 Å². The van der Waals surface area contributed by atoms with E-state index in [0.29, 0.717) is 12.1 Å². The Kier molecular flexibility index (Phi) is 5.57. The van der Waals surface area contributed by atoms with Gasteiger partial charge in [0, 0.05) is 18.5 Å². The lowest BCUT2D eigenvalue weighted by molar-refractivity contribution is -0.132. The van der Waals surface area contributed by atoms with Crippen molar-refractivity contribution in [3.05, 3.63) is 65.0 Å². The van der Waals surface area contributed by atoms with Crippen LogP contribution in [0.25, 0.3) is 0 Å². The fourth-order valence-corrected chi connectivity index (χ4v) is 3.70. The van der Waals surface area contributed by atoms with Gasteiger partial charge >= 0.3 is 0 Å². The number of hydrogen-bond acceptors (Lipinski definition) is 3. The van der Waals surface area contributed by atoms with Crippen molar-refractivity contribution in [3.63, 3.8) is 0 Å². The highest BCUT2D eigenvalue weighted by atomic mass is 32.2. The molecule has 0 bridgehead atoms. The van der Waals surface area contributed by atoms with Crippen LogP contribution in [0.4, 0.5) is 22.0 Å². The maximum Gasteiger partial charge on any atom is 0.274 e. The van der Waals surface area contributed by atoms with Gasteiger partial charge in [0.15, 0.2) is 23.3 Å². The Bertz CT molecular complexity index is 959. The van der Waals surface area contributed by atoms with Crippen LogP contribution in [0, 0.1) is 35.0 Å². The third-order valence-electron chi connectivity index (χ3n) is 4.23. The van der Waals surface area contributed by atoms with Gasteiger partial charge in [0.25, 0.3) is 5.91 Å². The van der Waals surface area contributed by atoms with Crippen molar-refractivity contribution in [2.24, 2.45) is 5.92 Å². The maximum atomic E-state index is 13.7. The van der Waals surface area contributed by atoms with Gasteiger partial charge in [-0.25, -0.2) is 17.6 Å². The number of amides is 2. The molecule has 2 N–H and O–H groups in total. The third kappa shape index (κ3) is 3.67. The molecule has 0 aliphatic carbocycles. The number of benzene rings is 2. The Hall–Kier alpha value is -2.66. The zero-order valence-electron chi connectivity index (χ0n) is 13.8. The SMILES string of the molecule is O=C1NC[C@H](c2ccc(F)c(F)c2)C1C(=O)N[S+]([O-])c1ccc(F)c(F)c1F. The molecule has 148 valence electrons. The second-order valence-electron chi connectivity index (χ2n) is 5.91. The van der Waals surface area contributed by atoms with Gasteiger partial charge in [0.2, 0.25) is 16.6 Å². The van der Waals surface area contributed by atoms with Crippen LogP contribution in [0.15, 0.2) is 35.2 Å². The van der Waals surface area contributed by atoms with Crippen LogP contribution in [-0.2, 0) is 21.0 Å². The first kappa shape index (κ1) is 20.1. The molecular formula is C17H11F5N2O3S. The molecule has 1 aliphatic rings. The molecule has 1 fully saturated rings. The van der Waals surface area contributed by atoms with E-state index in [1.807, 2.05) is 4.72 Å². The molecule has 2 aromatic carbocycles. The zero-order valence-corrected chi connectivity index (χ0v) is 14.6. The Morgan fingerprint density at radius 1 is 1.04 bits per heavy atom. The van der Waals surface area contributed by atoms with E-state index < -0.39 is 69.0 Å². The number of carbonyl (C=O) groups excluding carboxylic acids is 2. The van der Waals surface area contributed by atoms with Crippen LogP contribution in [0.1, 0.15) is 11.5 Å². The molecule has 0 radical (unpaired) electrons. The molecule has 28 heavy (non-hydrogen) atoms. The first-order valence-electron chi connectivity index (χ1n) is 7.79. The standard InChI is InChI=1S/C17H11F5N2O3S/c18-9-2-1-7(5-11(9)20)8-6-23-16(25)13(8)17(26)24-28(27)12-4-3-10(19)14(21)15(12)22/h1-5,8,13H,6H2,(H,23,25)(H,24,26)/t8-,13?,28?/m1/s1. The molecule has 2 amide bonds. The van der Waals surface area contributed by atoms with Crippen LogP contribution in [0.3, 0.4) is 0 Å². The smallest absolute Gasteiger partial charge is 0.274 e. The fourth-order valence-electron chi connectivity index (χ4n) is 2.84. The Morgan fingerprint density at radius 3 is 2.39 bits per heavy atom. The van der Waals surface area contributed by atoms with E-state index in [1.54, 1.807) is 0 Å². The summed E-state index contributed by atoms with van der Waals surface area (Å²) >= 11 is -2.63. The summed E-state index contributed by atoms with van der Waals surface area (Å²) in [5, 5.41) is 2.38. The van der Waals surface area contributed by atoms with Crippen LogP contribution in [0.2, 0.25) is 0 Å². The maximum absolute atomic E-state index is 13.7. The highest BCUT2D eigenvalue weighted by Crippen LogP contribution is 2.31. The molecule has 0 spiro atoms. The molecule has 11 heteroatoms. The minimum atomic E-state index is -2.63. The van der Waals surface area contributed by atoms with Crippen LogP contribution < -0.4 is 10.0 Å². The monoisotopic (exact) mass is 418 g/mol. The summed E-state index contributed by atoms with van der Waals surface area (Å²) < 4.78 is 80.6. The quantitative estimate of drug-likeness (QED) is 0.345. The molecule has 1 aliphatic heterocycles. The lowest BCUT2D eigenvalue weighted by Gasteiger charge is -2.18. The zero-order chi connectivity index (χ0) is 20.6. The molecule has 1 saturated heterocycles. The van der Waals surface area contributed by atoms with E-state index in [2.05, 4.69) is 5.32 Å². The molecule has 1 heterocycles. The first-order valence-corrected chi connectivity index (χ1v) is 8.94. The van der Waals surface area contributed by atoms with E-state index >= 15 is 0 Å². The van der Waals surface area contributed by atoms with Crippen molar-refractivity contribution in [1.82, 2.24) is 10.0 Å². The summed E-state index contributed by atoms with van der Waals surface area (Å²) in [6.45, 7) is -0.0752. The summed E-state index contributed by atoms with van der Waals surface area (Å²) in [7, 11) is 0. The summed E-state index contributed by atoms with van der Waals surface area (Å²) in [4.78, 5) is 23.6. The largest absolute Gasteiger partial charge is 0.588 e. The molecule has 0 saturated carbocycles. The number of halogens is 5. The van der Waals surface area contributed by atoms with E-state index in [9.17, 15) is 36.1 Å². The van der Waals surface area contributed by atoms with Gasteiger partial charge in [0.05, 0.1) is 0 Å². The van der Waals surface area contributed by atoms with Crippen LogP contribution >= 0.6 is 0 Å². The number of hydrogen-bond donors (Lipinski definition) is 2. The summed E-state index contributed by atoms with van der Waals surface area (Å²) in [6, 6.07) is 4.06. The number of rotatable bonds is 4. The van der Waals surface area contributed by atoms with Crippen molar-refractivity contribution in [3.8, 4) is 0 Å². The third-order valence-corrected chi connectivity index (χ3v) is 5.33. The van der Waals surface area contributed by atoms with Gasteiger partial charge in [-0.15, -0.1) is 0 Å². The van der Waals surface area contributed by atoms with Crippen LogP contribution in [-0.4, -0.2) is 22.9 Å². The van der Waals surface area contributed by atoms with Crippen molar-refractivity contribution >= 4 is 23.2 Å². The molecular weight excluding hydrogens is 407 g/mol. The molecule has 3 atom stereocenters. The molecule has 0 aromatic heterocycles. The predicted octanol–water partition coefficient (Wildman–Crippen LogP) is 2.05. The number of nitrogens with one attached hydrogen (secondary N) is 2. The van der Waals surface area contributed by atoms with Crippen molar-refractivity contribution in [2.75, 3.05) is 6.54 Å². The Morgan fingerprint density at radius 2 is 1.71 bits per heavy atom. The van der Waals surface area contributed by atoms with E-state index in [4.69, 9.17) is 0 Å². The van der Waals surface area contributed by atoms with Gasteiger partial charge in [-0.05, 0) is 23.8 Å². The van der Waals surface area contributed by atoms with Gasteiger partial charge in [0.1, 0.15) is 17.3 Å². The van der Waals surface area contributed by atoms with E-state index in [1.165, 1.54) is 6.07 Å². The van der Waals surface area contributed by atoms with Gasteiger partial charge in [-0.3, -0.25) is 9.59 Å². The highest BCUT2D eigenvalue weighted by Gasteiger charge is 2.43. The Balaban J connectivity index is 1.82. The van der Waals surface area contributed by atoms with Crippen molar-refractivity contribution < 1.29 is 36.1 Å². The molecule has 3 rings (SSSR count). The predicted molar refractivity (Wildman–Crippen MR) is 86.5 cm³/mol. The van der Waals surface area contributed by atoms with Crippen molar-refractivity contribution in [2.45, 2.75) is 10.8 Å². The van der Waals surface area contributed by atoms with Gasteiger partial charge in [-0.1, -0.05) is 6.07 Å². The molecule has 2 unspecified atom stereocenters. The fraction of sp³-hybridized carbons (Fsp3) is 0.176. The summed E-state index contributed by atoms with van der Waals surface area (Å²) in [6.07, 6.45) is 0. The first-order chi connectivity index (χ1) is 13.2. The molecule has 5 nitrogen and oxygen atoms in total. The second-order valence-corrected chi connectivity index (χ2v) is 7.09. The van der Waals surface area contributed by atoms with Gasteiger partial charge < -0.3 is 9.87 Å². The van der Waals surface area contributed by atoms with Gasteiger partial charge in [-0.2, -0.15) is 9.11 Å². The average Bonchev–Trinajstić information content (AvgIpc) is 3.03. The highest BCUT2D eigenvalue weighted by molar-refractivity contribution is 7.90. The second kappa shape index (κ2) is 7.76. The minimum Gasteiger partial charge on any atom is -0.588 e. The van der Waals surface area contributed by atoms with Crippen molar-refractivity contribution in [1.29, 1.82) is 0 Å².